The number of thiazole rings is 1. The number of esters is 1. The molecule has 0 aliphatic carbocycles. The van der Waals surface area contributed by atoms with E-state index in [4.69, 9.17) is 4.74 Å². The van der Waals surface area contributed by atoms with Gasteiger partial charge in [0.1, 0.15) is 0 Å². The SMILES string of the molecule is CC[C@H](NC(=O)COC(=O)Cc1cn2ccsc2n1)c1ccc(C)cc1. The lowest BCUT2D eigenvalue weighted by Gasteiger charge is -2.17. The number of nitrogens with zero attached hydrogens (tertiary/aromatic N) is 2. The third-order valence-electron chi connectivity index (χ3n) is 4.06. The van der Waals surface area contributed by atoms with Gasteiger partial charge >= 0.3 is 5.97 Å². The van der Waals surface area contributed by atoms with Crippen LogP contribution in [-0.4, -0.2) is 27.9 Å². The molecule has 1 N–H and O–H groups in total. The molecular weight excluding hydrogens is 350 g/mol. The summed E-state index contributed by atoms with van der Waals surface area (Å²) in [7, 11) is 0. The maximum absolute atomic E-state index is 12.1. The predicted molar refractivity (Wildman–Crippen MR) is 100 cm³/mol. The molecule has 0 aliphatic heterocycles. The van der Waals surface area contributed by atoms with E-state index in [1.807, 2.05) is 54.1 Å². The molecule has 0 saturated heterocycles. The van der Waals surface area contributed by atoms with Gasteiger partial charge in [-0.25, -0.2) is 4.98 Å². The highest BCUT2D eigenvalue weighted by molar-refractivity contribution is 7.15. The maximum Gasteiger partial charge on any atom is 0.312 e. The Labute approximate surface area is 155 Å². The van der Waals surface area contributed by atoms with Crippen molar-refractivity contribution in [2.75, 3.05) is 6.61 Å². The van der Waals surface area contributed by atoms with Crippen LogP contribution in [-0.2, 0) is 20.7 Å². The van der Waals surface area contributed by atoms with E-state index in [0.717, 1.165) is 16.9 Å². The Hall–Kier alpha value is -2.67. The number of amides is 1. The van der Waals surface area contributed by atoms with Gasteiger partial charge in [0.15, 0.2) is 11.6 Å². The van der Waals surface area contributed by atoms with Crippen LogP contribution in [0.3, 0.4) is 0 Å². The number of carbonyl (C=O) groups is 2. The summed E-state index contributed by atoms with van der Waals surface area (Å²) < 4.78 is 6.94. The van der Waals surface area contributed by atoms with Crippen molar-refractivity contribution in [3.8, 4) is 0 Å². The molecule has 2 heterocycles. The highest BCUT2D eigenvalue weighted by atomic mass is 32.1. The topological polar surface area (TPSA) is 72.7 Å². The first-order chi connectivity index (χ1) is 12.5. The molecule has 1 atom stereocenters. The first-order valence-corrected chi connectivity index (χ1v) is 9.35. The Morgan fingerprint density at radius 2 is 2.08 bits per heavy atom. The number of hydrogen-bond acceptors (Lipinski definition) is 5. The van der Waals surface area contributed by atoms with Gasteiger partial charge in [-0.2, -0.15) is 0 Å². The Morgan fingerprint density at radius 1 is 1.31 bits per heavy atom. The summed E-state index contributed by atoms with van der Waals surface area (Å²) >= 11 is 1.50. The van der Waals surface area contributed by atoms with E-state index in [2.05, 4.69) is 10.3 Å². The molecule has 3 aromatic rings. The minimum absolute atomic E-state index is 0.0524. The monoisotopic (exact) mass is 371 g/mol. The van der Waals surface area contributed by atoms with Crippen molar-refractivity contribution in [3.05, 3.63) is 58.9 Å². The second kappa shape index (κ2) is 8.14. The summed E-state index contributed by atoms with van der Waals surface area (Å²) in [5, 5.41) is 4.83. The summed E-state index contributed by atoms with van der Waals surface area (Å²) in [6.45, 7) is 3.73. The van der Waals surface area contributed by atoms with Crippen molar-refractivity contribution >= 4 is 28.2 Å². The number of fused-ring (bicyclic) bond motifs is 1. The van der Waals surface area contributed by atoms with Gasteiger partial charge in [0.2, 0.25) is 0 Å². The Kier molecular flexibility index (Phi) is 5.68. The molecule has 136 valence electrons. The average molecular weight is 371 g/mol. The van der Waals surface area contributed by atoms with Crippen molar-refractivity contribution in [1.29, 1.82) is 0 Å². The quantitative estimate of drug-likeness (QED) is 0.648. The number of benzene rings is 1. The van der Waals surface area contributed by atoms with Crippen LogP contribution >= 0.6 is 11.3 Å². The van der Waals surface area contributed by atoms with E-state index in [9.17, 15) is 9.59 Å². The fourth-order valence-electron chi connectivity index (χ4n) is 2.66. The minimum Gasteiger partial charge on any atom is -0.455 e. The van der Waals surface area contributed by atoms with Crippen molar-refractivity contribution in [2.45, 2.75) is 32.7 Å². The molecular formula is C19H21N3O3S. The Balaban J connectivity index is 1.48. The molecule has 0 saturated carbocycles. The fourth-order valence-corrected chi connectivity index (χ4v) is 3.38. The molecule has 0 spiro atoms. The minimum atomic E-state index is -0.464. The van der Waals surface area contributed by atoms with Crippen molar-refractivity contribution in [3.63, 3.8) is 0 Å². The van der Waals surface area contributed by atoms with Crippen LogP contribution in [0.25, 0.3) is 4.96 Å². The van der Waals surface area contributed by atoms with Crippen molar-refractivity contribution in [1.82, 2.24) is 14.7 Å². The normalized spacial score (nSPS) is 12.1. The molecule has 0 aliphatic rings. The van der Waals surface area contributed by atoms with E-state index in [-0.39, 0.29) is 25.0 Å². The molecule has 7 heteroatoms. The van der Waals surface area contributed by atoms with E-state index >= 15 is 0 Å². The number of carbonyl (C=O) groups excluding carboxylic acids is 2. The zero-order valence-electron chi connectivity index (χ0n) is 14.8. The maximum atomic E-state index is 12.1. The van der Waals surface area contributed by atoms with Crippen molar-refractivity contribution < 1.29 is 14.3 Å². The third-order valence-corrected chi connectivity index (χ3v) is 4.83. The van der Waals surface area contributed by atoms with Gasteiger partial charge in [0, 0.05) is 17.8 Å². The molecule has 1 aromatic carbocycles. The van der Waals surface area contributed by atoms with Crippen LogP contribution in [0, 0.1) is 6.92 Å². The summed E-state index contributed by atoms with van der Waals surface area (Å²) in [5.74, 6) is -0.772. The van der Waals surface area contributed by atoms with Gasteiger partial charge in [-0.05, 0) is 18.9 Å². The highest BCUT2D eigenvalue weighted by Gasteiger charge is 2.15. The van der Waals surface area contributed by atoms with Crippen LogP contribution < -0.4 is 5.32 Å². The van der Waals surface area contributed by atoms with Gasteiger partial charge in [0.05, 0.1) is 18.2 Å². The first kappa shape index (κ1) is 18.1. The number of aryl methyl sites for hydroxylation is 1. The summed E-state index contributed by atoms with van der Waals surface area (Å²) in [5.41, 5.74) is 2.84. The molecule has 0 unspecified atom stereocenters. The fraction of sp³-hybridized carbons (Fsp3) is 0.316. The predicted octanol–water partition coefficient (Wildman–Crippen LogP) is 3.06. The zero-order chi connectivity index (χ0) is 18.5. The summed E-state index contributed by atoms with van der Waals surface area (Å²) in [4.78, 5) is 29.2. The molecule has 6 nitrogen and oxygen atoms in total. The number of imidazole rings is 1. The molecule has 1 amide bonds. The lowest BCUT2D eigenvalue weighted by molar-refractivity contribution is -0.148. The van der Waals surface area contributed by atoms with E-state index < -0.39 is 5.97 Å². The average Bonchev–Trinajstić information content (AvgIpc) is 3.20. The Bertz CT molecular complexity index is 870. The van der Waals surface area contributed by atoms with Gasteiger partial charge in [-0.15, -0.1) is 11.3 Å². The van der Waals surface area contributed by atoms with Crippen LogP contribution in [0.15, 0.2) is 42.0 Å². The largest absolute Gasteiger partial charge is 0.455 e. The standard InChI is InChI=1S/C19H21N3O3S/c1-3-16(14-6-4-13(2)5-7-14)21-17(23)12-25-18(24)10-15-11-22-8-9-26-19(22)20-15/h4-9,11,16H,3,10,12H2,1-2H3,(H,21,23)/t16-/m0/s1. The molecule has 0 radical (unpaired) electrons. The number of aromatic nitrogens is 2. The van der Waals surface area contributed by atoms with Crippen LogP contribution in [0.5, 0.6) is 0 Å². The molecule has 2 aromatic heterocycles. The molecule has 3 rings (SSSR count). The van der Waals surface area contributed by atoms with Gasteiger partial charge in [-0.3, -0.25) is 14.0 Å². The van der Waals surface area contributed by atoms with Crippen LogP contribution in [0.1, 0.15) is 36.2 Å². The summed E-state index contributed by atoms with van der Waals surface area (Å²) in [6.07, 6.45) is 4.48. The van der Waals surface area contributed by atoms with Crippen LogP contribution in [0.4, 0.5) is 0 Å². The molecule has 0 bridgehead atoms. The number of ether oxygens (including phenoxy) is 1. The van der Waals surface area contributed by atoms with Crippen LogP contribution in [0.2, 0.25) is 0 Å². The van der Waals surface area contributed by atoms with E-state index in [0.29, 0.717) is 5.69 Å². The zero-order valence-corrected chi connectivity index (χ0v) is 15.6. The lowest BCUT2D eigenvalue weighted by atomic mass is 10.0. The Morgan fingerprint density at radius 3 is 2.77 bits per heavy atom. The molecule has 0 fully saturated rings. The van der Waals surface area contributed by atoms with Gasteiger partial charge < -0.3 is 10.1 Å². The van der Waals surface area contributed by atoms with Gasteiger partial charge in [-0.1, -0.05) is 36.8 Å². The number of rotatable bonds is 7. The summed E-state index contributed by atoms with van der Waals surface area (Å²) in [6, 6.07) is 7.93. The molecule has 26 heavy (non-hydrogen) atoms. The van der Waals surface area contributed by atoms with Gasteiger partial charge in [0.25, 0.3) is 5.91 Å². The van der Waals surface area contributed by atoms with Crippen molar-refractivity contribution in [2.24, 2.45) is 0 Å². The second-order valence-electron chi connectivity index (χ2n) is 6.10. The lowest BCUT2D eigenvalue weighted by Crippen LogP contribution is -2.32. The highest BCUT2D eigenvalue weighted by Crippen LogP contribution is 2.17. The van der Waals surface area contributed by atoms with E-state index in [1.54, 1.807) is 6.20 Å². The second-order valence-corrected chi connectivity index (χ2v) is 6.97. The third kappa shape index (κ3) is 4.49. The first-order valence-electron chi connectivity index (χ1n) is 8.47. The smallest absolute Gasteiger partial charge is 0.312 e. The van der Waals surface area contributed by atoms with E-state index in [1.165, 1.54) is 16.9 Å². The number of hydrogen-bond donors (Lipinski definition) is 1. The number of nitrogens with one attached hydrogen (secondary N) is 1.